The van der Waals surface area contributed by atoms with Crippen LogP contribution in [0, 0.1) is 11.8 Å². The largest absolute Gasteiger partial charge is 0.480 e. The molecule has 6 nitrogen and oxygen atoms in total. The molecule has 2 aliphatic heterocycles. The van der Waals surface area contributed by atoms with Gasteiger partial charge in [-0.15, -0.1) is 0 Å². The molecule has 1 aromatic carbocycles. The second kappa shape index (κ2) is 8.64. The van der Waals surface area contributed by atoms with Crippen LogP contribution in [0.25, 0.3) is 0 Å². The van der Waals surface area contributed by atoms with Gasteiger partial charge in [0, 0.05) is 7.97 Å². The van der Waals surface area contributed by atoms with Crippen LogP contribution >= 0.6 is 0 Å². The third-order valence-electron chi connectivity index (χ3n) is 5.91. The molecule has 1 aromatic rings. The van der Waals surface area contributed by atoms with Gasteiger partial charge in [-0.05, 0) is 48.8 Å². The topological polar surface area (TPSA) is 98.7 Å². The third-order valence-corrected chi connectivity index (χ3v) is 5.91. The van der Waals surface area contributed by atoms with Crippen LogP contribution in [0.3, 0.4) is 0 Å². The average molecular weight is 362 g/mol. The summed E-state index contributed by atoms with van der Waals surface area (Å²) in [6.07, 6.45) is 6.61. The van der Waals surface area contributed by atoms with E-state index in [2.05, 4.69) is 10.6 Å². The summed E-state index contributed by atoms with van der Waals surface area (Å²) in [5.74, 6) is -0.0148. The molecule has 0 radical (unpaired) electrons. The van der Waals surface area contributed by atoms with E-state index in [1.165, 1.54) is 31.2 Å². The molecule has 144 valence electrons. The van der Waals surface area contributed by atoms with E-state index >= 15 is 0 Å². The molecule has 4 rings (SSSR count). The Bertz CT molecular complexity index is 655. The first kappa shape index (κ1) is 18.9. The summed E-state index contributed by atoms with van der Waals surface area (Å²) < 4.78 is 0. The molecule has 2 heterocycles. The number of hydrogen-bond acceptors (Lipinski definition) is 4. The van der Waals surface area contributed by atoms with Crippen molar-refractivity contribution in [2.45, 2.75) is 57.2 Å². The summed E-state index contributed by atoms with van der Waals surface area (Å²) in [6, 6.07) is 7.24. The first-order valence-electron chi connectivity index (χ1n) is 9.53. The summed E-state index contributed by atoms with van der Waals surface area (Å²) in [7, 11) is 0. The molecule has 4 atom stereocenters. The van der Waals surface area contributed by atoms with Crippen LogP contribution in [0.2, 0.25) is 0 Å². The highest BCUT2D eigenvalue weighted by Crippen LogP contribution is 2.35. The van der Waals surface area contributed by atoms with Gasteiger partial charge in [-0.3, -0.25) is 9.59 Å². The smallest absolute Gasteiger partial charge is 0.321 e. The fourth-order valence-electron chi connectivity index (χ4n) is 4.36. The molecule has 6 heteroatoms. The zero-order valence-electron chi connectivity index (χ0n) is 15.0. The molecule has 0 bridgehead atoms. The van der Waals surface area contributed by atoms with Crippen molar-refractivity contribution in [1.29, 1.82) is 0 Å². The van der Waals surface area contributed by atoms with Crippen LogP contribution in [-0.2, 0) is 22.6 Å². The first-order chi connectivity index (χ1) is 12.5. The van der Waals surface area contributed by atoms with Gasteiger partial charge in [0.15, 0.2) is 0 Å². The molecule has 0 spiro atoms. The maximum Gasteiger partial charge on any atom is 0.321 e. The van der Waals surface area contributed by atoms with Crippen molar-refractivity contribution in [1.82, 2.24) is 10.6 Å². The molecule has 0 amide bonds. The number of piperidine rings is 1. The molecule has 0 aromatic heterocycles. The van der Waals surface area contributed by atoms with Gasteiger partial charge in [0.25, 0.3) is 0 Å². The van der Waals surface area contributed by atoms with Gasteiger partial charge < -0.3 is 20.8 Å². The van der Waals surface area contributed by atoms with E-state index in [4.69, 9.17) is 10.2 Å². The Morgan fingerprint density at radius 1 is 0.923 bits per heavy atom. The number of hydrogen-bond donors (Lipinski definition) is 4. The highest BCUT2D eigenvalue weighted by atomic mass is 16.4. The van der Waals surface area contributed by atoms with Gasteiger partial charge in [-0.1, -0.05) is 43.5 Å². The molecule has 3 aliphatic rings. The summed E-state index contributed by atoms with van der Waals surface area (Å²) >= 11 is 0. The normalized spacial score (nSPS) is 30.2. The predicted molar refractivity (Wildman–Crippen MR) is 100 cm³/mol. The van der Waals surface area contributed by atoms with Gasteiger partial charge in [0.05, 0.1) is 0 Å². The summed E-state index contributed by atoms with van der Waals surface area (Å²) in [5.41, 5.74) is 2.36. The highest BCUT2D eigenvalue weighted by Gasteiger charge is 2.34. The summed E-state index contributed by atoms with van der Waals surface area (Å²) in [4.78, 5) is 21.5. The minimum Gasteiger partial charge on any atom is -0.480 e. The standard InChI is InChI=1S/C10H17NO2.C10H11NO2.H2/c2*12-10(13)9-5-7-3-1-2-4-8(7)6-11-9;/h7-9,11H,1-6H2,(H,12,13);1-4,9,11H,5-6H2,(H,12,13);1H/t7-,8+,9-;9-;/m00./s1. The van der Waals surface area contributed by atoms with E-state index in [1.807, 2.05) is 24.3 Å². The lowest BCUT2D eigenvalue weighted by Gasteiger charge is -2.38. The molecule has 26 heavy (non-hydrogen) atoms. The maximum absolute atomic E-state index is 10.8. The molecular weight excluding hydrogens is 332 g/mol. The van der Waals surface area contributed by atoms with E-state index in [1.54, 1.807) is 0 Å². The molecule has 0 unspecified atom stereocenters. The van der Waals surface area contributed by atoms with Crippen molar-refractivity contribution in [3.8, 4) is 0 Å². The number of fused-ring (bicyclic) bond motifs is 2. The summed E-state index contributed by atoms with van der Waals surface area (Å²) in [5, 5.41) is 23.8. The van der Waals surface area contributed by atoms with Crippen LogP contribution in [0.1, 0.15) is 44.7 Å². The Labute approximate surface area is 155 Å². The molecule has 4 N–H and O–H groups in total. The average Bonchev–Trinajstić information content (AvgIpc) is 2.67. The van der Waals surface area contributed by atoms with E-state index in [0.717, 1.165) is 24.4 Å². The lowest BCUT2D eigenvalue weighted by Crippen LogP contribution is -2.48. The maximum atomic E-state index is 10.8. The van der Waals surface area contributed by atoms with Gasteiger partial charge in [0.2, 0.25) is 0 Å². The van der Waals surface area contributed by atoms with E-state index in [-0.39, 0.29) is 7.47 Å². The zero-order valence-corrected chi connectivity index (χ0v) is 15.0. The lowest BCUT2D eigenvalue weighted by molar-refractivity contribution is -0.141. The van der Waals surface area contributed by atoms with E-state index < -0.39 is 18.0 Å². The van der Waals surface area contributed by atoms with Crippen molar-refractivity contribution < 1.29 is 21.2 Å². The van der Waals surface area contributed by atoms with Crippen molar-refractivity contribution in [2.24, 2.45) is 11.8 Å². The fraction of sp³-hybridized carbons (Fsp3) is 0.600. The quantitative estimate of drug-likeness (QED) is 0.644. The number of carboxylic acids is 2. The number of benzene rings is 1. The van der Waals surface area contributed by atoms with Crippen LogP contribution in [0.5, 0.6) is 0 Å². The van der Waals surface area contributed by atoms with Gasteiger partial charge in [-0.2, -0.15) is 0 Å². The van der Waals surface area contributed by atoms with Crippen LogP contribution in [0.4, 0.5) is 0 Å². The third kappa shape index (κ3) is 4.62. The lowest BCUT2D eigenvalue weighted by atomic mass is 9.74. The molecule has 2 fully saturated rings. The second-order valence-electron chi connectivity index (χ2n) is 7.58. The molecule has 1 saturated heterocycles. The number of carbonyl (C=O) groups is 2. The minimum absolute atomic E-state index is 0. The van der Waals surface area contributed by atoms with Crippen molar-refractivity contribution in [3.05, 3.63) is 35.4 Å². The minimum atomic E-state index is -0.769. The van der Waals surface area contributed by atoms with Gasteiger partial charge in [0.1, 0.15) is 12.1 Å². The van der Waals surface area contributed by atoms with Crippen molar-refractivity contribution in [2.75, 3.05) is 6.54 Å². The van der Waals surface area contributed by atoms with E-state index in [9.17, 15) is 9.59 Å². The summed E-state index contributed by atoms with van der Waals surface area (Å²) in [6.45, 7) is 1.58. The van der Waals surface area contributed by atoms with Crippen LogP contribution in [-0.4, -0.2) is 40.8 Å². The van der Waals surface area contributed by atoms with Crippen LogP contribution < -0.4 is 10.6 Å². The first-order valence-corrected chi connectivity index (χ1v) is 9.53. The molecular formula is C20H30N2O4. The van der Waals surface area contributed by atoms with Gasteiger partial charge >= 0.3 is 11.9 Å². The number of carboxylic acid groups (broad SMARTS) is 2. The number of nitrogens with one attached hydrogen (secondary N) is 2. The second-order valence-corrected chi connectivity index (χ2v) is 7.58. The Hall–Kier alpha value is -1.92. The zero-order chi connectivity index (χ0) is 18.5. The fourth-order valence-corrected chi connectivity index (χ4v) is 4.36. The van der Waals surface area contributed by atoms with Gasteiger partial charge in [-0.25, -0.2) is 0 Å². The van der Waals surface area contributed by atoms with E-state index in [0.29, 0.717) is 18.9 Å². The number of rotatable bonds is 2. The molecule has 1 saturated carbocycles. The Morgan fingerprint density at radius 2 is 1.58 bits per heavy atom. The Morgan fingerprint density at radius 3 is 2.27 bits per heavy atom. The predicted octanol–water partition coefficient (Wildman–Crippen LogP) is 2.27. The van der Waals surface area contributed by atoms with Crippen LogP contribution in [0.15, 0.2) is 24.3 Å². The Balaban J connectivity index is 0.000000187. The highest BCUT2D eigenvalue weighted by molar-refractivity contribution is 5.74. The monoisotopic (exact) mass is 362 g/mol. The molecule has 1 aliphatic carbocycles. The Kier molecular flexibility index (Phi) is 6.27. The van der Waals surface area contributed by atoms with Crippen molar-refractivity contribution >= 4 is 11.9 Å². The van der Waals surface area contributed by atoms with Crippen molar-refractivity contribution in [3.63, 3.8) is 0 Å². The SMILES string of the molecule is O=C(O)[C@@H]1C[C@@H]2CCCC[C@@H]2CN1.O=C(O)[C@@H]1Cc2ccccc2CN1.[HH]. The number of aliphatic carboxylic acids is 2.